The maximum Gasteiger partial charge on any atom is -0.147 e. The molecule has 0 saturated heterocycles. The molecule has 0 atom stereocenters. The molecule has 0 heterocycles. The zero-order valence-corrected chi connectivity index (χ0v) is 16.0. The van der Waals surface area contributed by atoms with Crippen LogP contribution in [0.2, 0.25) is 13.1 Å². The van der Waals surface area contributed by atoms with Gasteiger partial charge in [-0.15, -0.1) is 24.8 Å². The van der Waals surface area contributed by atoms with Crippen LogP contribution in [0.3, 0.4) is 0 Å². The van der Waals surface area contributed by atoms with Crippen LogP contribution in [0.15, 0.2) is 43.9 Å². The molecule has 2 aliphatic rings. The zero-order valence-electron chi connectivity index (χ0n) is 10.9. The van der Waals surface area contributed by atoms with Gasteiger partial charge >= 0.3 is 114 Å². The summed E-state index contributed by atoms with van der Waals surface area (Å²) in [5.41, 5.74) is 3.02. The van der Waals surface area contributed by atoms with Crippen molar-refractivity contribution in [1.29, 1.82) is 0 Å². The molecule has 0 aromatic carbocycles. The van der Waals surface area contributed by atoms with E-state index in [-0.39, 0.29) is 24.8 Å². The number of rotatable bonds is 3. The maximum atomic E-state index is 5.74. The van der Waals surface area contributed by atoms with E-state index in [4.69, 9.17) is 4.43 Å². The third-order valence-electron chi connectivity index (χ3n) is 3.35. The second kappa shape index (κ2) is 7.40. The molecular formula is C13H19Cl2OSiZr. The van der Waals surface area contributed by atoms with Crippen LogP contribution in [0, 0.1) is 0 Å². The van der Waals surface area contributed by atoms with E-state index in [0.717, 1.165) is 12.8 Å². The van der Waals surface area contributed by atoms with E-state index in [1.165, 1.54) is 16.3 Å². The van der Waals surface area contributed by atoms with Crippen molar-refractivity contribution in [2.45, 2.75) is 25.9 Å². The van der Waals surface area contributed by atoms with Gasteiger partial charge in [0.05, 0.1) is 0 Å². The number of halogens is 2. The van der Waals surface area contributed by atoms with E-state index in [1.54, 1.807) is 28.0 Å². The van der Waals surface area contributed by atoms with Crippen LogP contribution in [-0.4, -0.2) is 15.4 Å². The molecule has 0 aromatic heterocycles. The molecule has 0 spiro atoms. The molecule has 2 aliphatic carbocycles. The van der Waals surface area contributed by atoms with Crippen LogP contribution in [0.4, 0.5) is 0 Å². The first-order valence-electron chi connectivity index (χ1n) is 5.63. The molecule has 18 heavy (non-hydrogen) atoms. The third-order valence-corrected chi connectivity index (χ3v) is 7.30. The SMILES string of the molecule is CO[Si](C)(C)C1=C(C2=[C]([Zr])CC=C2)CC=C1.Cl.Cl. The van der Waals surface area contributed by atoms with Crippen molar-refractivity contribution in [3.8, 4) is 0 Å². The second-order valence-electron chi connectivity index (χ2n) is 4.71. The van der Waals surface area contributed by atoms with Crippen molar-refractivity contribution >= 4 is 33.1 Å². The van der Waals surface area contributed by atoms with Gasteiger partial charge < -0.3 is 0 Å². The molecule has 0 unspecified atom stereocenters. The second-order valence-corrected chi connectivity index (χ2v) is 10.2. The molecule has 0 aliphatic heterocycles. The van der Waals surface area contributed by atoms with E-state index in [2.05, 4.69) is 37.4 Å². The first-order chi connectivity index (χ1) is 7.56. The third kappa shape index (κ3) is 3.58. The van der Waals surface area contributed by atoms with Gasteiger partial charge in [-0.3, -0.25) is 0 Å². The van der Waals surface area contributed by atoms with Gasteiger partial charge in [-0.1, -0.05) is 0 Å². The zero-order chi connectivity index (χ0) is 11.8. The summed E-state index contributed by atoms with van der Waals surface area (Å²) in [5, 5.41) is 1.48. The quantitative estimate of drug-likeness (QED) is 0.665. The van der Waals surface area contributed by atoms with E-state index in [1.807, 2.05) is 7.11 Å². The first kappa shape index (κ1) is 18.6. The van der Waals surface area contributed by atoms with Gasteiger partial charge in [-0.2, -0.15) is 0 Å². The van der Waals surface area contributed by atoms with Crippen molar-refractivity contribution in [2.24, 2.45) is 0 Å². The van der Waals surface area contributed by atoms with Gasteiger partial charge in [0.1, 0.15) is 0 Å². The van der Waals surface area contributed by atoms with Gasteiger partial charge in [-0.25, -0.2) is 0 Å². The Morgan fingerprint density at radius 3 is 2.22 bits per heavy atom. The fourth-order valence-corrected chi connectivity index (χ4v) is 4.79. The molecule has 2 rings (SSSR count). The smallest absolute Gasteiger partial charge is 0.147 e. The van der Waals surface area contributed by atoms with Crippen LogP contribution in [0.5, 0.6) is 0 Å². The Balaban J connectivity index is 0.00000144. The summed E-state index contributed by atoms with van der Waals surface area (Å²) in [7, 11) is 0.178. The number of hydrogen-bond donors (Lipinski definition) is 0. The average Bonchev–Trinajstić information content (AvgIpc) is 2.85. The largest absolute Gasteiger partial charge is 0.147 e. The Labute approximate surface area is 138 Å². The summed E-state index contributed by atoms with van der Waals surface area (Å²) in [5.74, 6) is 0. The first-order valence-corrected chi connectivity index (χ1v) is 9.77. The topological polar surface area (TPSA) is 9.23 Å². The van der Waals surface area contributed by atoms with Gasteiger partial charge in [0.25, 0.3) is 0 Å². The molecule has 0 radical (unpaired) electrons. The summed E-state index contributed by atoms with van der Waals surface area (Å²) in [6.45, 7) is 4.56. The number of hydrogen-bond acceptors (Lipinski definition) is 1. The van der Waals surface area contributed by atoms with E-state index < -0.39 is 8.32 Å². The Morgan fingerprint density at radius 1 is 1.11 bits per heavy atom. The van der Waals surface area contributed by atoms with Crippen molar-refractivity contribution in [1.82, 2.24) is 0 Å². The molecule has 99 valence electrons. The van der Waals surface area contributed by atoms with Crippen LogP contribution in [-0.2, 0) is 29.1 Å². The molecule has 0 aromatic rings. The normalized spacial score (nSPS) is 18.1. The Morgan fingerprint density at radius 2 is 1.72 bits per heavy atom. The predicted octanol–water partition coefficient (Wildman–Crippen LogP) is 4.24. The molecule has 0 saturated carbocycles. The van der Waals surface area contributed by atoms with E-state index in [9.17, 15) is 0 Å². The summed E-state index contributed by atoms with van der Waals surface area (Å²) in [6, 6.07) is 0. The van der Waals surface area contributed by atoms with E-state index in [0.29, 0.717) is 0 Å². The average molecular weight is 382 g/mol. The summed E-state index contributed by atoms with van der Waals surface area (Å²) in [6.07, 6.45) is 11.4. The Hall–Kier alpha value is 0.600. The predicted molar refractivity (Wildman–Crippen MR) is 80.6 cm³/mol. The fourth-order valence-electron chi connectivity index (χ4n) is 2.22. The maximum absolute atomic E-state index is 5.74. The molecule has 1 nitrogen and oxygen atoms in total. The Kier molecular flexibility index (Phi) is 7.65. The van der Waals surface area contributed by atoms with Gasteiger partial charge in [0.2, 0.25) is 0 Å². The van der Waals surface area contributed by atoms with Gasteiger partial charge in [-0.05, 0) is 0 Å². The van der Waals surface area contributed by atoms with Crippen LogP contribution >= 0.6 is 24.8 Å². The van der Waals surface area contributed by atoms with Crippen LogP contribution in [0.1, 0.15) is 12.8 Å². The van der Waals surface area contributed by atoms with Crippen molar-refractivity contribution in [2.75, 3.05) is 7.11 Å². The molecule has 5 heteroatoms. The van der Waals surface area contributed by atoms with Crippen molar-refractivity contribution in [3.63, 3.8) is 0 Å². The molecule has 0 fully saturated rings. The fraction of sp³-hybridized carbons (Fsp3) is 0.385. The van der Waals surface area contributed by atoms with Crippen LogP contribution < -0.4 is 0 Å². The molecule has 0 bridgehead atoms. The van der Waals surface area contributed by atoms with Gasteiger partial charge in [0, 0.05) is 0 Å². The molecular weight excluding hydrogens is 362 g/mol. The Bertz CT molecular complexity index is 436. The summed E-state index contributed by atoms with van der Waals surface area (Å²) in [4.78, 5) is 0. The summed E-state index contributed by atoms with van der Waals surface area (Å²) >= 11 is 1.55. The minimum atomic E-state index is -1.67. The number of allylic oxidation sites excluding steroid dienone is 8. The van der Waals surface area contributed by atoms with E-state index >= 15 is 0 Å². The minimum absolute atomic E-state index is 0. The van der Waals surface area contributed by atoms with Crippen LogP contribution in [0.25, 0.3) is 0 Å². The van der Waals surface area contributed by atoms with Crippen molar-refractivity contribution in [3.05, 3.63) is 43.9 Å². The van der Waals surface area contributed by atoms with Gasteiger partial charge in [0.15, 0.2) is 0 Å². The van der Waals surface area contributed by atoms with Crippen molar-refractivity contribution < 1.29 is 29.1 Å². The minimum Gasteiger partial charge on any atom is -0.147 e. The monoisotopic (exact) mass is 379 g/mol. The molecule has 0 N–H and O–H groups in total. The standard InChI is InChI=1S/C13H17OSi.2ClH.Zr/c1-14-15(2,3)13-10-6-9-12(13)11-7-4-5-8-11;;;/h4,6-7,10H,5,9H2,1-3H3;2*1H;. The summed E-state index contributed by atoms with van der Waals surface area (Å²) < 4.78 is 7.32. The molecule has 0 amide bonds.